The normalized spacial score (nSPS) is 8.75. The van der Waals surface area contributed by atoms with Crippen molar-refractivity contribution in [3.05, 3.63) is 40.8 Å². The minimum Gasteiger partial charge on any atom is -0.481 e. The summed E-state index contributed by atoms with van der Waals surface area (Å²) in [6, 6.07) is 10.1. The van der Waals surface area contributed by atoms with Gasteiger partial charge in [0.1, 0.15) is 0 Å². The first-order valence-corrected chi connectivity index (χ1v) is 4.93. The molecule has 0 saturated carbocycles. The van der Waals surface area contributed by atoms with Crippen molar-refractivity contribution in [2.24, 2.45) is 5.34 Å². The molecule has 2 N–H and O–H groups in total. The predicted octanol–water partition coefficient (Wildman–Crippen LogP) is 2.63. The van der Waals surface area contributed by atoms with Crippen LogP contribution in [0.15, 0.2) is 35.7 Å². The lowest BCUT2D eigenvalue weighted by Gasteiger charge is -1.98. The second-order valence-electron chi connectivity index (χ2n) is 3.17. The van der Waals surface area contributed by atoms with Gasteiger partial charge in [-0.3, -0.25) is 4.79 Å². The van der Waals surface area contributed by atoms with Gasteiger partial charge in [0.2, 0.25) is 0 Å². The van der Waals surface area contributed by atoms with Gasteiger partial charge in [0.25, 0.3) is 0 Å². The Hall–Kier alpha value is -1.91. The maximum Gasteiger partial charge on any atom is 0.303 e. The minimum absolute atomic E-state index is 0.285. The summed E-state index contributed by atoms with van der Waals surface area (Å²) in [5, 5.41) is 16.3. The molecular weight excluding hydrogens is 210 g/mol. The Morgan fingerprint density at radius 2 is 1.75 bits per heavy atom. The molecule has 5 nitrogen and oxygen atoms in total. The Labute approximate surface area is 93.7 Å². The lowest BCUT2D eigenvalue weighted by Crippen LogP contribution is -1.94. The van der Waals surface area contributed by atoms with Crippen molar-refractivity contribution in [1.82, 2.24) is 0 Å². The number of aliphatic carboxylic acids is 1. The second-order valence-corrected chi connectivity index (χ2v) is 3.17. The van der Waals surface area contributed by atoms with Crippen LogP contribution in [0.1, 0.15) is 24.8 Å². The first-order valence-electron chi connectivity index (χ1n) is 4.93. The number of aryl methyl sites for hydroxylation is 1. The van der Waals surface area contributed by atoms with Gasteiger partial charge in [-0.15, -0.1) is 4.91 Å². The molecule has 0 spiro atoms. The zero-order chi connectivity index (χ0) is 12.2. The number of rotatable bonds is 5. The van der Waals surface area contributed by atoms with Gasteiger partial charge in [-0.2, -0.15) is 0 Å². The Kier molecular flexibility index (Phi) is 8.49. The SMILES string of the molecule is O=C(O)CCCCc1ccccc1.O=NO. The van der Waals surface area contributed by atoms with Crippen LogP contribution in [0.5, 0.6) is 0 Å². The van der Waals surface area contributed by atoms with E-state index >= 15 is 0 Å². The van der Waals surface area contributed by atoms with Crippen LogP contribution in [0, 0.1) is 4.91 Å². The molecule has 0 amide bonds. The summed E-state index contributed by atoms with van der Waals surface area (Å²) in [4.78, 5) is 18.3. The Morgan fingerprint density at radius 3 is 2.25 bits per heavy atom. The van der Waals surface area contributed by atoms with Crippen molar-refractivity contribution in [2.45, 2.75) is 25.7 Å². The molecule has 0 aromatic heterocycles. The van der Waals surface area contributed by atoms with Crippen molar-refractivity contribution in [1.29, 1.82) is 0 Å². The van der Waals surface area contributed by atoms with Crippen LogP contribution in [-0.2, 0) is 11.2 Å². The first-order chi connectivity index (χ1) is 7.70. The fourth-order valence-corrected chi connectivity index (χ4v) is 1.25. The van der Waals surface area contributed by atoms with Crippen molar-refractivity contribution in [3.63, 3.8) is 0 Å². The van der Waals surface area contributed by atoms with E-state index in [1.54, 1.807) is 0 Å². The smallest absolute Gasteiger partial charge is 0.303 e. The molecule has 5 heteroatoms. The number of hydrogen-bond acceptors (Lipinski definition) is 3. The molecule has 0 aliphatic carbocycles. The summed E-state index contributed by atoms with van der Waals surface area (Å²) in [6.07, 6.45) is 2.99. The molecule has 0 aliphatic heterocycles. The number of carboxylic acids is 1. The molecule has 0 atom stereocenters. The molecule has 0 heterocycles. The number of carbonyl (C=O) groups is 1. The highest BCUT2D eigenvalue weighted by atomic mass is 16.6. The van der Waals surface area contributed by atoms with Crippen molar-refractivity contribution in [2.75, 3.05) is 0 Å². The fourth-order valence-electron chi connectivity index (χ4n) is 1.25. The third kappa shape index (κ3) is 8.68. The Bertz CT molecular complexity index is 300. The lowest BCUT2D eigenvalue weighted by molar-refractivity contribution is -0.137. The van der Waals surface area contributed by atoms with E-state index in [2.05, 4.69) is 12.1 Å². The number of nitrogens with zero attached hydrogens (tertiary/aromatic N) is 1. The standard InChI is InChI=1S/C11H14O2.HNO2/c12-11(13)9-5-4-8-10-6-2-1-3-7-10;2-1-3/h1-3,6-7H,4-5,8-9H2,(H,12,13);(H,2,3). The zero-order valence-corrected chi connectivity index (χ0v) is 8.87. The van der Waals surface area contributed by atoms with E-state index in [-0.39, 0.29) is 6.42 Å². The third-order valence-corrected chi connectivity index (χ3v) is 1.95. The average molecular weight is 225 g/mol. The maximum absolute atomic E-state index is 10.2. The topological polar surface area (TPSA) is 87.0 Å². The minimum atomic E-state index is -0.701. The maximum atomic E-state index is 10.2. The van der Waals surface area contributed by atoms with E-state index in [4.69, 9.17) is 15.2 Å². The van der Waals surface area contributed by atoms with Gasteiger partial charge in [-0.1, -0.05) is 30.3 Å². The van der Waals surface area contributed by atoms with E-state index in [9.17, 15) is 4.79 Å². The largest absolute Gasteiger partial charge is 0.481 e. The van der Waals surface area contributed by atoms with Gasteiger partial charge in [-0.05, 0) is 24.8 Å². The summed E-state index contributed by atoms with van der Waals surface area (Å²) in [6.45, 7) is 0. The number of carboxylic acid groups (broad SMARTS) is 1. The molecule has 1 rings (SSSR count). The van der Waals surface area contributed by atoms with Crippen molar-refractivity contribution in [3.8, 4) is 0 Å². The van der Waals surface area contributed by atoms with E-state index < -0.39 is 5.97 Å². The molecule has 0 saturated heterocycles. The van der Waals surface area contributed by atoms with Gasteiger partial charge in [-0.25, -0.2) is 0 Å². The van der Waals surface area contributed by atoms with Gasteiger partial charge < -0.3 is 10.3 Å². The molecule has 1 aromatic carbocycles. The molecule has 88 valence electrons. The van der Waals surface area contributed by atoms with Crippen LogP contribution in [0.2, 0.25) is 0 Å². The summed E-state index contributed by atoms with van der Waals surface area (Å²) in [7, 11) is 0. The highest BCUT2D eigenvalue weighted by Gasteiger charge is 1.96. The molecule has 16 heavy (non-hydrogen) atoms. The number of unbranched alkanes of at least 4 members (excludes halogenated alkanes) is 1. The van der Waals surface area contributed by atoms with E-state index in [1.807, 2.05) is 18.2 Å². The van der Waals surface area contributed by atoms with Gasteiger partial charge >= 0.3 is 5.97 Å². The molecule has 0 radical (unpaired) electrons. The van der Waals surface area contributed by atoms with E-state index in [0.717, 1.165) is 19.3 Å². The highest BCUT2D eigenvalue weighted by molar-refractivity contribution is 5.66. The van der Waals surface area contributed by atoms with Crippen molar-refractivity contribution < 1.29 is 15.1 Å². The van der Waals surface area contributed by atoms with Crippen LogP contribution >= 0.6 is 0 Å². The summed E-state index contributed by atoms with van der Waals surface area (Å²) in [5.74, 6) is -0.701. The first kappa shape index (κ1) is 14.1. The van der Waals surface area contributed by atoms with Crippen LogP contribution in [0.4, 0.5) is 0 Å². The lowest BCUT2D eigenvalue weighted by atomic mass is 10.1. The monoisotopic (exact) mass is 225 g/mol. The van der Waals surface area contributed by atoms with Gasteiger partial charge in [0.05, 0.1) is 0 Å². The quantitative estimate of drug-likeness (QED) is 0.458. The van der Waals surface area contributed by atoms with Crippen LogP contribution in [0.3, 0.4) is 0 Å². The van der Waals surface area contributed by atoms with E-state index in [0.29, 0.717) is 0 Å². The van der Waals surface area contributed by atoms with Gasteiger partial charge in [0.15, 0.2) is 5.34 Å². The number of hydrogen-bond donors (Lipinski definition) is 2. The summed E-state index contributed by atoms with van der Waals surface area (Å²) < 4.78 is 0. The molecule has 0 aliphatic rings. The Balaban J connectivity index is 0.000000673. The van der Waals surface area contributed by atoms with Crippen LogP contribution < -0.4 is 0 Å². The molecule has 0 bridgehead atoms. The third-order valence-electron chi connectivity index (χ3n) is 1.95. The molecule has 1 aromatic rings. The highest BCUT2D eigenvalue weighted by Crippen LogP contribution is 2.05. The van der Waals surface area contributed by atoms with Gasteiger partial charge in [0, 0.05) is 6.42 Å². The molecular formula is C11H15NO4. The predicted molar refractivity (Wildman–Crippen MR) is 59.2 cm³/mol. The molecule has 0 fully saturated rings. The summed E-state index contributed by atoms with van der Waals surface area (Å²) >= 11 is 0. The zero-order valence-electron chi connectivity index (χ0n) is 8.87. The average Bonchev–Trinajstić information content (AvgIpc) is 2.27. The van der Waals surface area contributed by atoms with Crippen LogP contribution in [0.25, 0.3) is 0 Å². The van der Waals surface area contributed by atoms with Crippen LogP contribution in [-0.4, -0.2) is 16.3 Å². The fraction of sp³-hybridized carbons (Fsp3) is 0.364. The number of benzene rings is 1. The van der Waals surface area contributed by atoms with Crippen molar-refractivity contribution >= 4 is 5.97 Å². The van der Waals surface area contributed by atoms with E-state index in [1.165, 1.54) is 10.9 Å². The Morgan fingerprint density at radius 1 is 1.19 bits per heavy atom. The molecule has 0 unspecified atom stereocenters. The second kappa shape index (κ2) is 9.64. The summed E-state index contributed by atoms with van der Waals surface area (Å²) in [5.41, 5.74) is 1.29.